The van der Waals surface area contributed by atoms with E-state index >= 15 is 0 Å². The zero-order chi connectivity index (χ0) is 21.0. The number of thiazole rings is 1. The first-order chi connectivity index (χ1) is 13.8. The summed E-state index contributed by atoms with van der Waals surface area (Å²) in [5, 5.41) is 3.18. The summed E-state index contributed by atoms with van der Waals surface area (Å²) in [6.45, 7) is 1.47. The summed E-state index contributed by atoms with van der Waals surface area (Å²) < 4.78 is 6.17. The molecule has 0 bridgehead atoms. The quantitative estimate of drug-likeness (QED) is 0.604. The Morgan fingerprint density at radius 1 is 1.21 bits per heavy atom. The highest BCUT2D eigenvalue weighted by atomic mass is 32.1. The second kappa shape index (κ2) is 8.70. The van der Waals surface area contributed by atoms with Crippen LogP contribution in [0.3, 0.4) is 0 Å². The number of para-hydroxylation sites is 1. The first-order valence-corrected chi connectivity index (χ1v) is 9.61. The number of nitrogens with two attached hydrogens (primary N) is 1. The lowest BCUT2D eigenvalue weighted by atomic mass is 10.2. The van der Waals surface area contributed by atoms with Gasteiger partial charge in [0.2, 0.25) is 0 Å². The summed E-state index contributed by atoms with van der Waals surface area (Å²) in [6.07, 6.45) is 0. The van der Waals surface area contributed by atoms with Gasteiger partial charge < -0.3 is 20.7 Å². The lowest BCUT2D eigenvalue weighted by molar-refractivity contribution is -0.135. The maximum Gasteiger partial charge on any atom is 0.338 e. The molecule has 0 aliphatic heterocycles. The van der Waals surface area contributed by atoms with E-state index in [4.69, 9.17) is 10.5 Å². The van der Waals surface area contributed by atoms with Crippen molar-refractivity contribution in [2.45, 2.75) is 13.0 Å². The number of urea groups is 1. The van der Waals surface area contributed by atoms with Gasteiger partial charge in [-0.15, -0.1) is 11.3 Å². The Kier molecular flexibility index (Phi) is 6.08. The third-order valence-corrected chi connectivity index (χ3v) is 5.54. The number of anilines is 1. The summed E-state index contributed by atoms with van der Waals surface area (Å²) in [7, 11) is 1.64. The molecule has 0 saturated carbocycles. The van der Waals surface area contributed by atoms with Crippen LogP contribution in [-0.2, 0) is 9.53 Å². The SMILES string of the molecule is C[C@H](c1nc2ccccc2s1)N(C)C(=O)COC(=O)c1cccc(NC(N)=O)c1. The summed E-state index contributed by atoms with van der Waals surface area (Å²) >= 11 is 1.52. The predicted molar refractivity (Wildman–Crippen MR) is 111 cm³/mol. The molecular formula is C20H20N4O4S. The molecule has 0 spiro atoms. The summed E-state index contributed by atoms with van der Waals surface area (Å²) in [4.78, 5) is 41.7. The molecule has 0 saturated heterocycles. The van der Waals surface area contributed by atoms with E-state index in [9.17, 15) is 14.4 Å². The molecular weight excluding hydrogens is 392 g/mol. The fourth-order valence-corrected chi connectivity index (χ4v) is 3.69. The van der Waals surface area contributed by atoms with Gasteiger partial charge in [-0.1, -0.05) is 18.2 Å². The number of aromatic nitrogens is 1. The highest BCUT2D eigenvalue weighted by Crippen LogP contribution is 2.28. The fraction of sp³-hybridized carbons (Fsp3) is 0.200. The predicted octanol–water partition coefficient (Wildman–Crippen LogP) is 3.16. The Morgan fingerprint density at radius 2 is 1.97 bits per heavy atom. The van der Waals surface area contributed by atoms with Crippen molar-refractivity contribution in [3.05, 3.63) is 59.1 Å². The van der Waals surface area contributed by atoms with Crippen LogP contribution >= 0.6 is 11.3 Å². The minimum atomic E-state index is -0.740. The van der Waals surface area contributed by atoms with Crippen LogP contribution in [0.2, 0.25) is 0 Å². The van der Waals surface area contributed by atoms with Crippen molar-refractivity contribution in [2.24, 2.45) is 5.73 Å². The number of carbonyl (C=O) groups excluding carboxylic acids is 3. The van der Waals surface area contributed by atoms with Crippen LogP contribution in [0.5, 0.6) is 0 Å². The van der Waals surface area contributed by atoms with Crippen LogP contribution in [0.4, 0.5) is 10.5 Å². The third-order valence-electron chi connectivity index (χ3n) is 4.33. The van der Waals surface area contributed by atoms with Crippen LogP contribution in [0.25, 0.3) is 10.2 Å². The number of ether oxygens (including phenoxy) is 1. The number of hydrogen-bond acceptors (Lipinski definition) is 6. The number of fused-ring (bicyclic) bond motifs is 1. The Morgan fingerprint density at radius 3 is 2.69 bits per heavy atom. The Bertz CT molecular complexity index is 1030. The lowest BCUT2D eigenvalue weighted by Crippen LogP contribution is -2.33. The molecule has 3 amide bonds. The van der Waals surface area contributed by atoms with Gasteiger partial charge >= 0.3 is 12.0 Å². The summed E-state index contributed by atoms with van der Waals surface area (Å²) in [6, 6.07) is 12.9. The topological polar surface area (TPSA) is 115 Å². The number of esters is 1. The van der Waals surface area contributed by atoms with Crippen molar-refractivity contribution in [2.75, 3.05) is 19.0 Å². The number of nitrogens with one attached hydrogen (secondary N) is 1. The maximum atomic E-state index is 12.5. The molecule has 3 N–H and O–H groups in total. The molecule has 0 aliphatic carbocycles. The van der Waals surface area contributed by atoms with Gasteiger partial charge in [0.05, 0.1) is 21.8 Å². The normalized spacial score (nSPS) is 11.7. The minimum absolute atomic E-state index is 0.200. The molecule has 0 fully saturated rings. The first kappa shape index (κ1) is 20.3. The molecule has 3 rings (SSSR count). The molecule has 1 heterocycles. The number of nitrogens with zero attached hydrogens (tertiary/aromatic N) is 2. The molecule has 1 atom stereocenters. The van der Waals surface area contributed by atoms with Crippen LogP contribution < -0.4 is 11.1 Å². The number of primary amides is 1. The zero-order valence-electron chi connectivity index (χ0n) is 15.9. The molecule has 0 aliphatic rings. The van der Waals surface area contributed by atoms with E-state index in [0.29, 0.717) is 5.69 Å². The number of hydrogen-bond donors (Lipinski definition) is 2. The van der Waals surface area contributed by atoms with Crippen molar-refractivity contribution in [1.29, 1.82) is 0 Å². The van der Waals surface area contributed by atoms with E-state index in [0.717, 1.165) is 15.2 Å². The van der Waals surface area contributed by atoms with Gasteiger partial charge in [0.25, 0.3) is 5.91 Å². The van der Waals surface area contributed by atoms with Crippen LogP contribution in [0, 0.1) is 0 Å². The smallest absolute Gasteiger partial charge is 0.338 e. The second-order valence-corrected chi connectivity index (χ2v) is 7.41. The van der Waals surface area contributed by atoms with Crippen LogP contribution in [0.15, 0.2) is 48.5 Å². The fourth-order valence-electron chi connectivity index (χ4n) is 2.63. The Hall–Kier alpha value is -3.46. The molecule has 1 aromatic heterocycles. The molecule has 150 valence electrons. The number of amides is 3. The van der Waals surface area contributed by atoms with Crippen LogP contribution in [0.1, 0.15) is 28.3 Å². The van der Waals surface area contributed by atoms with Gasteiger partial charge in [-0.05, 0) is 37.3 Å². The largest absolute Gasteiger partial charge is 0.452 e. The number of rotatable bonds is 6. The van der Waals surface area contributed by atoms with E-state index in [1.54, 1.807) is 19.2 Å². The molecule has 9 heteroatoms. The molecule has 8 nitrogen and oxygen atoms in total. The highest BCUT2D eigenvalue weighted by molar-refractivity contribution is 7.18. The Balaban J connectivity index is 1.60. The standard InChI is InChI=1S/C20H20N4O4S/c1-12(18-23-15-8-3-4-9-16(15)29-18)24(2)17(25)11-28-19(26)13-6-5-7-14(10-13)22-20(21)27/h3-10,12H,11H2,1-2H3,(H3,21,22,27)/t12-/m1/s1. The van der Waals surface area contributed by atoms with Gasteiger partial charge in [0.1, 0.15) is 5.01 Å². The maximum absolute atomic E-state index is 12.5. The van der Waals surface area contributed by atoms with E-state index < -0.39 is 18.6 Å². The van der Waals surface area contributed by atoms with E-state index in [-0.39, 0.29) is 17.5 Å². The minimum Gasteiger partial charge on any atom is -0.452 e. The molecule has 0 radical (unpaired) electrons. The zero-order valence-corrected chi connectivity index (χ0v) is 16.7. The van der Waals surface area contributed by atoms with Gasteiger partial charge in [-0.3, -0.25) is 4.79 Å². The number of carbonyl (C=O) groups is 3. The van der Waals surface area contributed by atoms with Crippen molar-refractivity contribution >= 4 is 45.1 Å². The Labute approximate surface area is 171 Å². The van der Waals surface area contributed by atoms with Gasteiger partial charge in [-0.2, -0.15) is 0 Å². The van der Waals surface area contributed by atoms with Crippen molar-refractivity contribution < 1.29 is 19.1 Å². The molecule has 0 unspecified atom stereocenters. The summed E-state index contributed by atoms with van der Waals surface area (Å²) in [5.41, 5.74) is 6.51. The monoisotopic (exact) mass is 412 g/mol. The summed E-state index contributed by atoms with van der Waals surface area (Å²) in [5.74, 6) is -1.02. The van der Waals surface area contributed by atoms with Crippen molar-refractivity contribution in [3.63, 3.8) is 0 Å². The molecule has 3 aromatic rings. The van der Waals surface area contributed by atoms with Crippen molar-refractivity contribution in [3.8, 4) is 0 Å². The van der Waals surface area contributed by atoms with Gasteiger partial charge in [0, 0.05) is 12.7 Å². The third kappa shape index (κ3) is 4.88. The highest BCUT2D eigenvalue weighted by Gasteiger charge is 2.22. The van der Waals surface area contributed by atoms with Gasteiger partial charge in [0.15, 0.2) is 6.61 Å². The van der Waals surface area contributed by atoms with Crippen LogP contribution in [-0.4, -0.2) is 41.4 Å². The second-order valence-electron chi connectivity index (χ2n) is 6.35. The van der Waals surface area contributed by atoms with Crippen molar-refractivity contribution in [1.82, 2.24) is 9.88 Å². The van der Waals surface area contributed by atoms with Gasteiger partial charge in [-0.25, -0.2) is 14.6 Å². The molecule has 2 aromatic carbocycles. The number of likely N-dealkylation sites (N-methyl/N-ethyl adjacent to an activating group) is 1. The van der Waals surface area contributed by atoms with E-state index in [2.05, 4.69) is 10.3 Å². The number of benzene rings is 2. The van der Waals surface area contributed by atoms with E-state index in [1.807, 2.05) is 31.2 Å². The van der Waals surface area contributed by atoms with E-state index in [1.165, 1.54) is 28.4 Å². The lowest BCUT2D eigenvalue weighted by Gasteiger charge is -2.23. The average Bonchev–Trinajstić information content (AvgIpc) is 3.14. The first-order valence-electron chi connectivity index (χ1n) is 8.80. The molecule has 29 heavy (non-hydrogen) atoms. The average molecular weight is 412 g/mol.